The van der Waals surface area contributed by atoms with E-state index in [4.69, 9.17) is 14.5 Å². The molecule has 8 nitrogen and oxygen atoms in total. The van der Waals surface area contributed by atoms with Crippen molar-refractivity contribution in [3.05, 3.63) is 28.8 Å². The topological polar surface area (TPSA) is 88.2 Å². The number of hydrogen-bond donors (Lipinski definition) is 0. The molecule has 0 aromatic carbocycles. The van der Waals surface area contributed by atoms with Gasteiger partial charge in [0.25, 0.3) is 0 Å². The summed E-state index contributed by atoms with van der Waals surface area (Å²) in [6.07, 6.45) is 7.78. The van der Waals surface area contributed by atoms with Gasteiger partial charge in [-0.25, -0.2) is 9.97 Å². The van der Waals surface area contributed by atoms with Crippen molar-refractivity contribution in [2.24, 2.45) is 5.92 Å². The quantitative estimate of drug-likeness (QED) is 0.704. The number of rotatable bonds is 6. The first-order valence-corrected chi connectivity index (χ1v) is 11.8. The molecule has 1 aliphatic carbocycles. The van der Waals surface area contributed by atoms with E-state index in [9.17, 15) is 4.79 Å². The molecule has 5 rings (SSSR count). The molecule has 166 valence electrons. The van der Waals surface area contributed by atoms with Crippen molar-refractivity contribution >= 4 is 11.7 Å². The first-order chi connectivity index (χ1) is 15.1. The molecule has 31 heavy (non-hydrogen) atoms. The van der Waals surface area contributed by atoms with Crippen LogP contribution >= 0.6 is 0 Å². The maximum absolute atomic E-state index is 12.6. The molecule has 0 spiro atoms. The van der Waals surface area contributed by atoms with Crippen LogP contribution < -0.4 is 4.90 Å². The minimum absolute atomic E-state index is 0.160. The third-order valence-corrected chi connectivity index (χ3v) is 6.87. The average Bonchev–Trinajstić information content (AvgIpc) is 3.50. The lowest BCUT2D eigenvalue weighted by atomic mass is 9.94. The van der Waals surface area contributed by atoms with E-state index in [0.29, 0.717) is 30.5 Å². The van der Waals surface area contributed by atoms with Gasteiger partial charge < -0.3 is 14.3 Å². The van der Waals surface area contributed by atoms with Crippen LogP contribution in [0.1, 0.15) is 73.2 Å². The van der Waals surface area contributed by atoms with Crippen molar-refractivity contribution in [1.29, 1.82) is 0 Å². The Labute approximate surface area is 183 Å². The van der Waals surface area contributed by atoms with Gasteiger partial charge in [-0.1, -0.05) is 5.16 Å². The number of aryl methyl sites for hydroxylation is 3. The van der Waals surface area contributed by atoms with Gasteiger partial charge in [0, 0.05) is 56.2 Å². The fourth-order valence-corrected chi connectivity index (χ4v) is 4.88. The van der Waals surface area contributed by atoms with Gasteiger partial charge in [0.15, 0.2) is 5.82 Å². The van der Waals surface area contributed by atoms with E-state index in [-0.39, 0.29) is 5.91 Å². The van der Waals surface area contributed by atoms with Crippen LogP contribution in [-0.4, -0.2) is 57.1 Å². The molecule has 1 amide bonds. The summed E-state index contributed by atoms with van der Waals surface area (Å²) in [5.74, 6) is 4.66. The van der Waals surface area contributed by atoms with Crippen LogP contribution in [-0.2, 0) is 17.6 Å². The van der Waals surface area contributed by atoms with E-state index in [1.54, 1.807) is 6.92 Å². The summed E-state index contributed by atoms with van der Waals surface area (Å²) in [6, 6.07) is 0. The van der Waals surface area contributed by atoms with Crippen LogP contribution in [0.25, 0.3) is 0 Å². The lowest BCUT2D eigenvalue weighted by Crippen LogP contribution is -2.38. The molecule has 1 saturated carbocycles. The van der Waals surface area contributed by atoms with Gasteiger partial charge >= 0.3 is 0 Å². The predicted octanol–water partition coefficient (Wildman–Crippen LogP) is 2.98. The van der Waals surface area contributed by atoms with E-state index < -0.39 is 0 Å². The predicted molar refractivity (Wildman–Crippen MR) is 116 cm³/mol. The Morgan fingerprint density at radius 1 is 1.06 bits per heavy atom. The zero-order valence-electron chi connectivity index (χ0n) is 18.6. The number of likely N-dealkylation sites (tertiary alicyclic amines) is 1. The van der Waals surface area contributed by atoms with E-state index in [2.05, 4.69) is 22.0 Å². The van der Waals surface area contributed by atoms with Gasteiger partial charge in [-0.15, -0.1) is 0 Å². The SMILES string of the molecule is Cc1noc(CCC(=O)N2CCC(c3nc(C)c4c(n3)N(CC3CC3)CCC4)CC2)n1. The van der Waals surface area contributed by atoms with Gasteiger partial charge in [0.1, 0.15) is 11.6 Å². The number of piperidine rings is 1. The summed E-state index contributed by atoms with van der Waals surface area (Å²) in [6.45, 7) is 7.72. The molecule has 1 saturated heterocycles. The Morgan fingerprint density at radius 3 is 2.58 bits per heavy atom. The van der Waals surface area contributed by atoms with Crippen LogP contribution in [0.4, 0.5) is 5.82 Å². The summed E-state index contributed by atoms with van der Waals surface area (Å²) in [4.78, 5) is 31.3. The van der Waals surface area contributed by atoms with Gasteiger partial charge in [0.2, 0.25) is 11.8 Å². The molecule has 2 aromatic heterocycles. The van der Waals surface area contributed by atoms with E-state index >= 15 is 0 Å². The first kappa shape index (κ1) is 20.4. The number of amides is 1. The molecule has 3 aliphatic rings. The Hall–Kier alpha value is -2.51. The number of fused-ring (bicyclic) bond motifs is 1. The van der Waals surface area contributed by atoms with Gasteiger partial charge in [-0.2, -0.15) is 4.98 Å². The van der Waals surface area contributed by atoms with Crippen molar-refractivity contribution in [3.63, 3.8) is 0 Å². The maximum Gasteiger partial charge on any atom is 0.227 e. The Balaban J connectivity index is 1.21. The molecule has 2 fully saturated rings. The standard InChI is InChI=1S/C23H32N6O2/c1-15-19-4-3-11-29(14-17-5-6-17)23(19)26-22(24-15)18-9-12-28(13-10-18)21(30)8-7-20-25-16(2)27-31-20/h17-18H,3-14H2,1-2H3. The highest BCUT2D eigenvalue weighted by Crippen LogP contribution is 2.36. The zero-order chi connectivity index (χ0) is 21.4. The summed E-state index contributed by atoms with van der Waals surface area (Å²) in [5, 5.41) is 3.78. The van der Waals surface area contributed by atoms with E-state index in [0.717, 1.165) is 62.9 Å². The van der Waals surface area contributed by atoms with Crippen molar-refractivity contribution in [2.75, 3.05) is 31.1 Å². The number of carbonyl (C=O) groups excluding carboxylic acids is 1. The van der Waals surface area contributed by atoms with Crippen LogP contribution in [0.5, 0.6) is 0 Å². The fraction of sp³-hybridized carbons (Fsp3) is 0.696. The monoisotopic (exact) mass is 424 g/mol. The number of nitrogens with zero attached hydrogens (tertiary/aromatic N) is 6. The Kier molecular flexibility index (Phi) is 5.63. The van der Waals surface area contributed by atoms with Gasteiger partial charge in [-0.3, -0.25) is 4.79 Å². The van der Waals surface area contributed by atoms with Crippen molar-refractivity contribution in [3.8, 4) is 0 Å². The molecule has 0 radical (unpaired) electrons. The minimum atomic E-state index is 0.160. The first-order valence-electron chi connectivity index (χ1n) is 11.8. The smallest absolute Gasteiger partial charge is 0.227 e. The summed E-state index contributed by atoms with van der Waals surface area (Å²) in [5.41, 5.74) is 2.49. The molecule has 0 bridgehead atoms. The summed E-state index contributed by atoms with van der Waals surface area (Å²) >= 11 is 0. The third-order valence-electron chi connectivity index (χ3n) is 6.87. The number of anilines is 1. The van der Waals surface area contributed by atoms with Crippen LogP contribution in [0.3, 0.4) is 0 Å². The normalized spacial score (nSPS) is 19.5. The van der Waals surface area contributed by atoms with Gasteiger partial charge in [0.05, 0.1) is 0 Å². The molecule has 0 unspecified atom stereocenters. The lowest BCUT2D eigenvalue weighted by Gasteiger charge is -2.34. The average molecular weight is 425 g/mol. The van der Waals surface area contributed by atoms with Crippen LogP contribution in [0.2, 0.25) is 0 Å². The Bertz CT molecular complexity index is 946. The second-order valence-electron chi connectivity index (χ2n) is 9.35. The molecule has 0 N–H and O–H groups in total. The molecular weight excluding hydrogens is 392 g/mol. The van der Waals surface area contributed by atoms with E-state index in [1.807, 2.05) is 4.90 Å². The molecule has 2 aromatic rings. The maximum atomic E-state index is 12.6. The molecule has 8 heteroatoms. The van der Waals surface area contributed by atoms with Crippen molar-refractivity contribution in [2.45, 2.75) is 71.1 Å². The second kappa shape index (κ2) is 8.55. The lowest BCUT2D eigenvalue weighted by molar-refractivity contribution is -0.132. The highest BCUT2D eigenvalue weighted by molar-refractivity contribution is 5.76. The van der Waals surface area contributed by atoms with Crippen molar-refractivity contribution < 1.29 is 9.32 Å². The fourth-order valence-electron chi connectivity index (χ4n) is 4.88. The number of aromatic nitrogens is 4. The largest absolute Gasteiger partial charge is 0.356 e. The number of carbonyl (C=O) groups is 1. The van der Waals surface area contributed by atoms with Crippen LogP contribution in [0, 0.1) is 19.8 Å². The molecular formula is C23H32N6O2. The van der Waals surface area contributed by atoms with Crippen molar-refractivity contribution in [1.82, 2.24) is 25.0 Å². The molecule has 2 aliphatic heterocycles. The molecule has 4 heterocycles. The zero-order valence-corrected chi connectivity index (χ0v) is 18.6. The molecule has 0 atom stereocenters. The minimum Gasteiger partial charge on any atom is -0.356 e. The highest BCUT2D eigenvalue weighted by atomic mass is 16.5. The second-order valence-corrected chi connectivity index (χ2v) is 9.35. The summed E-state index contributed by atoms with van der Waals surface area (Å²) < 4.78 is 5.12. The highest BCUT2D eigenvalue weighted by Gasteiger charge is 2.31. The Morgan fingerprint density at radius 2 is 1.87 bits per heavy atom. The van der Waals surface area contributed by atoms with E-state index in [1.165, 1.54) is 30.6 Å². The van der Waals surface area contributed by atoms with Gasteiger partial charge in [-0.05, 0) is 58.3 Å². The number of hydrogen-bond acceptors (Lipinski definition) is 7. The third kappa shape index (κ3) is 4.57. The van der Waals surface area contributed by atoms with Crippen LogP contribution in [0.15, 0.2) is 4.52 Å². The summed E-state index contributed by atoms with van der Waals surface area (Å²) in [7, 11) is 0.